The maximum Gasteiger partial charge on any atom is 0.282 e. The normalized spacial score (nSPS) is 20.9. The van der Waals surface area contributed by atoms with Crippen molar-refractivity contribution < 1.29 is 8.42 Å². The number of aromatic amines is 1. The third-order valence-corrected chi connectivity index (χ3v) is 7.72. The van der Waals surface area contributed by atoms with Gasteiger partial charge in [-0.2, -0.15) is 22.1 Å². The minimum absolute atomic E-state index is 0.553. The Hall–Kier alpha value is -1.74. The highest BCUT2D eigenvalue weighted by Crippen LogP contribution is 2.23. The zero-order valence-electron chi connectivity index (χ0n) is 16.3. The molecule has 0 spiro atoms. The van der Waals surface area contributed by atoms with Crippen LogP contribution in [0.4, 0.5) is 0 Å². The number of hydrogen-bond acceptors (Lipinski definition) is 4. The Morgan fingerprint density at radius 1 is 0.857 bits per heavy atom. The van der Waals surface area contributed by atoms with Gasteiger partial charge in [0.1, 0.15) is 0 Å². The third-order valence-electron chi connectivity index (χ3n) is 5.69. The molecule has 0 amide bonds. The molecular weight excluding hydrogens is 374 g/mol. The van der Waals surface area contributed by atoms with Crippen molar-refractivity contribution >= 4 is 10.2 Å². The van der Waals surface area contributed by atoms with Crippen molar-refractivity contribution in [3.05, 3.63) is 42.1 Å². The van der Waals surface area contributed by atoms with Crippen LogP contribution in [-0.2, 0) is 16.8 Å². The SMILES string of the molecule is O=S(=O)(N1CCCCC1)N1CCCN(Cc2cn[nH]c2-c2ccccc2)CC1. The van der Waals surface area contributed by atoms with E-state index in [4.69, 9.17) is 0 Å². The van der Waals surface area contributed by atoms with Gasteiger partial charge in [-0.05, 0) is 31.4 Å². The van der Waals surface area contributed by atoms with E-state index < -0.39 is 10.2 Å². The van der Waals surface area contributed by atoms with Gasteiger partial charge in [0.15, 0.2) is 0 Å². The Morgan fingerprint density at radius 2 is 1.57 bits per heavy atom. The maximum absolute atomic E-state index is 13.0. The first-order valence-corrected chi connectivity index (χ1v) is 11.6. The first-order chi connectivity index (χ1) is 13.6. The molecule has 7 nitrogen and oxygen atoms in total. The van der Waals surface area contributed by atoms with Crippen LogP contribution < -0.4 is 0 Å². The van der Waals surface area contributed by atoms with Gasteiger partial charge in [-0.1, -0.05) is 36.8 Å². The van der Waals surface area contributed by atoms with Crippen LogP contribution in [0.1, 0.15) is 31.2 Å². The maximum atomic E-state index is 13.0. The lowest BCUT2D eigenvalue weighted by Gasteiger charge is -2.31. The lowest BCUT2D eigenvalue weighted by atomic mass is 10.1. The third kappa shape index (κ3) is 4.30. The first kappa shape index (κ1) is 19.6. The molecule has 0 aliphatic carbocycles. The van der Waals surface area contributed by atoms with Gasteiger partial charge in [0.25, 0.3) is 10.2 Å². The quantitative estimate of drug-likeness (QED) is 0.832. The molecule has 152 valence electrons. The summed E-state index contributed by atoms with van der Waals surface area (Å²) in [6, 6.07) is 10.2. The van der Waals surface area contributed by atoms with Gasteiger partial charge in [-0.3, -0.25) is 10.00 Å². The van der Waals surface area contributed by atoms with E-state index in [9.17, 15) is 8.42 Å². The zero-order valence-corrected chi connectivity index (χ0v) is 17.1. The van der Waals surface area contributed by atoms with Gasteiger partial charge in [0.05, 0.1) is 11.9 Å². The monoisotopic (exact) mass is 403 g/mol. The average molecular weight is 404 g/mol. The lowest BCUT2D eigenvalue weighted by molar-refractivity contribution is 0.272. The van der Waals surface area contributed by atoms with Gasteiger partial charge < -0.3 is 0 Å². The highest BCUT2D eigenvalue weighted by molar-refractivity contribution is 7.86. The van der Waals surface area contributed by atoms with Crippen LogP contribution in [0.3, 0.4) is 0 Å². The molecule has 2 aromatic rings. The van der Waals surface area contributed by atoms with Crippen molar-refractivity contribution in [2.75, 3.05) is 39.3 Å². The molecule has 3 heterocycles. The van der Waals surface area contributed by atoms with E-state index >= 15 is 0 Å². The number of nitrogens with zero attached hydrogens (tertiary/aromatic N) is 4. The fourth-order valence-electron chi connectivity index (χ4n) is 4.12. The molecule has 1 aromatic heterocycles. The number of H-pyrrole nitrogens is 1. The van der Waals surface area contributed by atoms with Gasteiger partial charge in [0, 0.05) is 44.8 Å². The molecule has 2 aliphatic rings. The van der Waals surface area contributed by atoms with Gasteiger partial charge in [0.2, 0.25) is 0 Å². The number of benzene rings is 1. The molecule has 0 unspecified atom stereocenters. The Balaban J connectivity index is 1.41. The summed E-state index contributed by atoms with van der Waals surface area (Å²) in [5, 5.41) is 7.35. The summed E-state index contributed by atoms with van der Waals surface area (Å²) >= 11 is 0. The number of piperidine rings is 1. The second kappa shape index (κ2) is 8.73. The average Bonchev–Trinajstić information content (AvgIpc) is 3.06. The van der Waals surface area contributed by atoms with E-state index in [1.165, 1.54) is 0 Å². The van der Waals surface area contributed by atoms with Gasteiger partial charge in [-0.25, -0.2) is 0 Å². The van der Waals surface area contributed by atoms with Crippen LogP contribution in [0.5, 0.6) is 0 Å². The van der Waals surface area contributed by atoms with Crippen LogP contribution in [-0.4, -0.2) is 71.4 Å². The predicted molar refractivity (Wildman–Crippen MR) is 110 cm³/mol. The zero-order chi connectivity index (χ0) is 19.4. The number of rotatable bonds is 5. The molecule has 2 saturated heterocycles. The Labute approximate surface area is 167 Å². The number of hydrogen-bond donors (Lipinski definition) is 1. The smallest absolute Gasteiger partial charge is 0.282 e. The molecule has 0 atom stereocenters. The van der Waals surface area contributed by atoms with Crippen molar-refractivity contribution in [3.63, 3.8) is 0 Å². The Kier molecular flexibility index (Phi) is 6.10. The molecule has 8 heteroatoms. The van der Waals surface area contributed by atoms with Crippen molar-refractivity contribution in [1.82, 2.24) is 23.7 Å². The summed E-state index contributed by atoms with van der Waals surface area (Å²) in [5.74, 6) is 0. The summed E-state index contributed by atoms with van der Waals surface area (Å²) in [4.78, 5) is 2.34. The first-order valence-electron chi connectivity index (χ1n) is 10.2. The molecule has 1 N–H and O–H groups in total. The van der Waals surface area contributed by atoms with Gasteiger partial charge >= 0.3 is 0 Å². The van der Waals surface area contributed by atoms with E-state index in [2.05, 4.69) is 27.2 Å². The molecule has 0 bridgehead atoms. The fourth-order valence-corrected chi connectivity index (χ4v) is 5.84. The molecular formula is C20H29N5O2S. The second-order valence-electron chi connectivity index (χ2n) is 7.63. The van der Waals surface area contributed by atoms with E-state index in [0.717, 1.165) is 62.1 Å². The fraction of sp³-hybridized carbons (Fsp3) is 0.550. The van der Waals surface area contributed by atoms with Crippen molar-refractivity contribution in [2.45, 2.75) is 32.2 Å². The molecule has 4 rings (SSSR count). The highest BCUT2D eigenvalue weighted by atomic mass is 32.2. The molecule has 2 aliphatic heterocycles. The number of nitrogens with one attached hydrogen (secondary N) is 1. The van der Waals surface area contributed by atoms with Crippen molar-refractivity contribution in [2.24, 2.45) is 0 Å². The summed E-state index contributed by atoms with van der Waals surface area (Å²) in [7, 11) is -3.32. The summed E-state index contributed by atoms with van der Waals surface area (Å²) in [6.07, 6.45) is 5.82. The highest BCUT2D eigenvalue weighted by Gasteiger charge is 2.31. The minimum Gasteiger partial charge on any atom is -0.298 e. The molecule has 2 fully saturated rings. The van der Waals surface area contributed by atoms with E-state index in [-0.39, 0.29) is 0 Å². The molecule has 28 heavy (non-hydrogen) atoms. The lowest BCUT2D eigenvalue weighted by Crippen LogP contribution is -2.47. The second-order valence-corrected chi connectivity index (χ2v) is 9.56. The number of aromatic nitrogens is 2. The standard InChI is InChI=1S/C20H29N5O2S/c26-28(27,24-11-5-2-6-12-24)25-13-7-10-23(14-15-25)17-19-16-21-22-20(19)18-8-3-1-4-9-18/h1,3-4,8-9,16H,2,5-7,10-15,17H2,(H,21,22). The van der Waals surface area contributed by atoms with E-state index in [1.807, 2.05) is 24.4 Å². The van der Waals surface area contributed by atoms with Crippen LogP contribution in [0.2, 0.25) is 0 Å². The van der Waals surface area contributed by atoms with Crippen LogP contribution >= 0.6 is 0 Å². The minimum atomic E-state index is -3.32. The van der Waals surface area contributed by atoms with E-state index in [0.29, 0.717) is 26.2 Å². The molecule has 1 aromatic carbocycles. The Morgan fingerprint density at radius 3 is 2.36 bits per heavy atom. The van der Waals surface area contributed by atoms with Crippen molar-refractivity contribution in [1.29, 1.82) is 0 Å². The topological polar surface area (TPSA) is 72.5 Å². The molecule has 0 saturated carbocycles. The van der Waals surface area contributed by atoms with Crippen LogP contribution in [0, 0.1) is 0 Å². The molecule has 0 radical (unpaired) electrons. The summed E-state index contributed by atoms with van der Waals surface area (Å²) < 4.78 is 29.3. The van der Waals surface area contributed by atoms with Crippen LogP contribution in [0.25, 0.3) is 11.3 Å². The largest absolute Gasteiger partial charge is 0.298 e. The van der Waals surface area contributed by atoms with Crippen LogP contribution in [0.15, 0.2) is 36.5 Å². The predicted octanol–water partition coefficient (Wildman–Crippen LogP) is 2.32. The Bertz CT molecular complexity index is 862. The summed E-state index contributed by atoms with van der Waals surface area (Å²) in [6.45, 7) is 4.90. The van der Waals surface area contributed by atoms with Crippen molar-refractivity contribution in [3.8, 4) is 11.3 Å². The van der Waals surface area contributed by atoms with E-state index in [1.54, 1.807) is 8.61 Å². The summed E-state index contributed by atoms with van der Waals surface area (Å²) in [5.41, 5.74) is 3.32. The van der Waals surface area contributed by atoms with Gasteiger partial charge in [-0.15, -0.1) is 0 Å².